The first kappa shape index (κ1) is 16.7. The molecule has 6 heteroatoms. The predicted molar refractivity (Wildman–Crippen MR) is 88.3 cm³/mol. The van der Waals surface area contributed by atoms with E-state index in [9.17, 15) is 9.59 Å². The molecule has 0 fully saturated rings. The van der Waals surface area contributed by atoms with Crippen LogP contribution in [0.25, 0.3) is 10.2 Å². The predicted octanol–water partition coefficient (Wildman–Crippen LogP) is 3.64. The first-order valence-corrected chi connectivity index (χ1v) is 8.30. The van der Waals surface area contributed by atoms with Gasteiger partial charge in [0.05, 0.1) is 5.39 Å². The van der Waals surface area contributed by atoms with Gasteiger partial charge in [0, 0.05) is 11.3 Å². The van der Waals surface area contributed by atoms with E-state index in [1.54, 1.807) is 6.92 Å². The monoisotopic (exact) mass is 322 g/mol. The molecule has 0 spiro atoms. The molecule has 0 unspecified atom stereocenters. The highest BCUT2D eigenvalue weighted by Crippen LogP contribution is 2.27. The van der Waals surface area contributed by atoms with Crippen LogP contribution in [0.2, 0.25) is 0 Å². The molecule has 0 saturated heterocycles. The number of carbonyl (C=O) groups excluding carboxylic acids is 1. The molecule has 5 nitrogen and oxygen atoms in total. The number of hydrogen-bond donors (Lipinski definition) is 1. The van der Waals surface area contributed by atoms with Crippen molar-refractivity contribution in [1.82, 2.24) is 9.97 Å². The van der Waals surface area contributed by atoms with Gasteiger partial charge in [-0.15, -0.1) is 11.3 Å². The molecule has 120 valence electrons. The molecule has 1 atom stereocenters. The maximum atomic E-state index is 12.2. The fourth-order valence-electron chi connectivity index (χ4n) is 2.18. The maximum absolute atomic E-state index is 12.2. The second-order valence-corrected chi connectivity index (χ2v) is 7.18. The Hall–Kier alpha value is -1.69. The van der Waals surface area contributed by atoms with Gasteiger partial charge in [-0.2, -0.15) is 0 Å². The van der Waals surface area contributed by atoms with Crippen LogP contribution >= 0.6 is 11.3 Å². The lowest BCUT2D eigenvalue weighted by Crippen LogP contribution is -2.17. The molecule has 0 aliphatic carbocycles. The third kappa shape index (κ3) is 3.55. The van der Waals surface area contributed by atoms with Crippen LogP contribution < -0.4 is 5.56 Å². The van der Waals surface area contributed by atoms with Gasteiger partial charge in [0.15, 0.2) is 11.9 Å². The van der Waals surface area contributed by atoms with Crippen molar-refractivity contribution in [3.8, 4) is 0 Å². The zero-order chi connectivity index (χ0) is 16.4. The van der Waals surface area contributed by atoms with Gasteiger partial charge in [0.2, 0.25) is 0 Å². The number of H-pyrrole nitrogens is 1. The summed E-state index contributed by atoms with van der Waals surface area (Å²) in [5.41, 5.74) is 0.786. The highest BCUT2D eigenvalue weighted by molar-refractivity contribution is 7.18. The molecule has 0 aliphatic heterocycles. The van der Waals surface area contributed by atoms with Crippen LogP contribution in [0.15, 0.2) is 4.79 Å². The van der Waals surface area contributed by atoms with E-state index in [4.69, 9.17) is 4.74 Å². The summed E-state index contributed by atoms with van der Waals surface area (Å²) in [7, 11) is 0. The van der Waals surface area contributed by atoms with E-state index in [1.807, 2.05) is 13.8 Å². The molecule has 2 heterocycles. The second-order valence-electron chi connectivity index (χ2n) is 5.98. The van der Waals surface area contributed by atoms with Crippen molar-refractivity contribution < 1.29 is 9.53 Å². The Morgan fingerprint density at radius 2 is 2.00 bits per heavy atom. The average Bonchev–Trinajstić information content (AvgIpc) is 2.72. The number of ether oxygens (including phenoxy) is 1. The van der Waals surface area contributed by atoms with Crippen LogP contribution in [-0.2, 0) is 9.53 Å². The molecular formula is C16H22N2O3S. The van der Waals surface area contributed by atoms with Crippen LogP contribution in [0.5, 0.6) is 0 Å². The standard InChI is InChI=1S/C16H22N2O3S/c1-8(2)6-7-12(19)21-10(4)14-17-15(20)13-9(3)11(5)22-16(13)18-14/h8,10H,6-7H2,1-5H3,(H,17,18,20)/t10-/m1/s1. The Balaban J connectivity index is 2.20. The summed E-state index contributed by atoms with van der Waals surface area (Å²) in [5.74, 6) is 0.591. The van der Waals surface area contributed by atoms with Gasteiger partial charge in [0.1, 0.15) is 4.83 Å². The van der Waals surface area contributed by atoms with Crippen molar-refractivity contribution in [3.05, 3.63) is 26.6 Å². The number of esters is 1. The van der Waals surface area contributed by atoms with Crippen molar-refractivity contribution >= 4 is 27.5 Å². The molecule has 0 radical (unpaired) electrons. The van der Waals surface area contributed by atoms with Crippen molar-refractivity contribution in [2.75, 3.05) is 0 Å². The summed E-state index contributed by atoms with van der Waals surface area (Å²) in [6, 6.07) is 0. The first-order valence-electron chi connectivity index (χ1n) is 7.49. The normalized spacial score (nSPS) is 12.8. The Labute approximate surface area is 133 Å². The van der Waals surface area contributed by atoms with E-state index in [0.29, 0.717) is 28.4 Å². The molecule has 2 aromatic rings. The van der Waals surface area contributed by atoms with E-state index in [0.717, 1.165) is 16.9 Å². The Kier molecular flexibility index (Phi) is 5.01. The summed E-state index contributed by atoms with van der Waals surface area (Å²) in [6.07, 6.45) is 0.614. The molecule has 2 rings (SSSR count). The lowest BCUT2D eigenvalue weighted by molar-refractivity contribution is -0.149. The van der Waals surface area contributed by atoms with Gasteiger partial charge < -0.3 is 9.72 Å². The summed E-state index contributed by atoms with van der Waals surface area (Å²) >= 11 is 1.49. The Morgan fingerprint density at radius 1 is 1.32 bits per heavy atom. The van der Waals surface area contributed by atoms with E-state index >= 15 is 0 Å². The first-order chi connectivity index (χ1) is 10.3. The van der Waals surface area contributed by atoms with Gasteiger partial charge >= 0.3 is 5.97 Å². The van der Waals surface area contributed by atoms with Crippen LogP contribution in [0, 0.1) is 19.8 Å². The van der Waals surface area contributed by atoms with Crippen LogP contribution in [0.3, 0.4) is 0 Å². The fourth-order valence-corrected chi connectivity index (χ4v) is 3.22. The number of aromatic nitrogens is 2. The van der Waals surface area contributed by atoms with Crippen LogP contribution in [-0.4, -0.2) is 15.9 Å². The zero-order valence-electron chi connectivity index (χ0n) is 13.6. The van der Waals surface area contributed by atoms with Gasteiger partial charge in [-0.1, -0.05) is 13.8 Å². The number of thiophene rings is 1. The molecule has 0 saturated carbocycles. The minimum atomic E-state index is -0.556. The quantitative estimate of drug-likeness (QED) is 0.853. The molecule has 22 heavy (non-hydrogen) atoms. The molecule has 0 aliphatic rings. The SMILES string of the molecule is Cc1sc2nc([C@@H](C)OC(=O)CCC(C)C)[nH]c(=O)c2c1C. The van der Waals surface area contributed by atoms with Gasteiger partial charge in [0.25, 0.3) is 5.56 Å². The third-order valence-corrected chi connectivity index (χ3v) is 4.78. The molecule has 2 aromatic heterocycles. The maximum Gasteiger partial charge on any atom is 0.306 e. The largest absolute Gasteiger partial charge is 0.454 e. The van der Waals surface area contributed by atoms with E-state index in [1.165, 1.54) is 11.3 Å². The molecule has 1 N–H and O–H groups in total. The molecular weight excluding hydrogens is 300 g/mol. The number of rotatable bonds is 5. The lowest BCUT2D eigenvalue weighted by Gasteiger charge is -2.13. The zero-order valence-corrected chi connectivity index (χ0v) is 14.5. The number of carbonyl (C=O) groups is 1. The van der Waals surface area contributed by atoms with Crippen molar-refractivity contribution in [1.29, 1.82) is 0 Å². The summed E-state index contributed by atoms with van der Waals surface area (Å²) < 4.78 is 5.36. The van der Waals surface area contributed by atoms with E-state index in [2.05, 4.69) is 23.8 Å². The number of hydrogen-bond acceptors (Lipinski definition) is 5. The Bertz CT molecular complexity index is 746. The number of nitrogens with one attached hydrogen (secondary N) is 1. The summed E-state index contributed by atoms with van der Waals surface area (Å²) in [4.78, 5) is 33.0. The smallest absolute Gasteiger partial charge is 0.306 e. The van der Waals surface area contributed by atoms with E-state index < -0.39 is 6.10 Å². The summed E-state index contributed by atoms with van der Waals surface area (Å²) in [5, 5.41) is 0.629. The highest BCUT2D eigenvalue weighted by atomic mass is 32.1. The van der Waals surface area contributed by atoms with Crippen LogP contribution in [0.4, 0.5) is 0 Å². The third-order valence-electron chi connectivity index (χ3n) is 3.68. The van der Waals surface area contributed by atoms with Crippen molar-refractivity contribution in [3.63, 3.8) is 0 Å². The Morgan fingerprint density at radius 3 is 2.64 bits per heavy atom. The number of fused-ring (bicyclic) bond motifs is 1. The molecule has 0 amide bonds. The molecule has 0 bridgehead atoms. The lowest BCUT2D eigenvalue weighted by atomic mass is 10.1. The minimum Gasteiger partial charge on any atom is -0.454 e. The number of aromatic amines is 1. The fraction of sp³-hybridized carbons (Fsp3) is 0.562. The topological polar surface area (TPSA) is 72.0 Å². The summed E-state index contributed by atoms with van der Waals surface area (Å²) in [6.45, 7) is 9.73. The van der Waals surface area contributed by atoms with Gasteiger partial charge in [-0.25, -0.2) is 4.98 Å². The van der Waals surface area contributed by atoms with Crippen molar-refractivity contribution in [2.45, 2.75) is 53.6 Å². The van der Waals surface area contributed by atoms with E-state index in [-0.39, 0.29) is 11.5 Å². The van der Waals surface area contributed by atoms with Gasteiger partial charge in [-0.05, 0) is 38.7 Å². The number of aryl methyl sites for hydroxylation is 2. The number of nitrogens with zero attached hydrogens (tertiary/aromatic N) is 1. The molecule has 0 aromatic carbocycles. The highest BCUT2D eigenvalue weighted by Gasteiger charge is 2.18. The average molecular weight is 322 g/mol. The van der Waals surface area contributed by atoms with Crippen molar-refractivity contribution in [2.24, 2.45) is 5.92 Å². The van der Waals surface area contributed by atoms with Crippen LogP contribution in [0.1, 0.15) is 56.0 Å². The minimum absolute atomic E-state index is 0.174. The second kappa shape index (κ2) is 6.60. The van der Waals surface area contributed by atoms with Gasteiger partial charge in [-0.3, -0.25) is 9.59 Å².